The molecule has 0 saturated carbocycles. The summed E-state index contributed by atoms with van der Waals surface area (Å²) in [6.45, 7) is 0. The smallest absolute Gasteiger partial charge is 0 e. The Kier molecular flexibility index (Phi) is 181. The Bertz CT molecular complexity index is 15.5. The van der Waals surface area contributed by atoms with E-state index in [2.05, 4.69) is 0 Å². The van der Waals surface area contributed by atoms with Crippen LogP contribution in [0, 0.1) is 236 Å². The molecule has 0 N–H and O–H groups in total. The molecule has 0 unspecified atom stereocenters. The van der Waals surface area contributed by atoms with E-state index < -0.39 is 0 Å². The molecule has 0 saturated heterocycles. The zero-order chi connectivity index (χ0) is 0. The average molecular weight is 996 g/mol. The maximum Gasteiger partial charge on any atom is 0 e. The van der Waals surface area contributed by atoms with Crippen molar-refractivity contribution in [3.05, 3.63) is 0 Å². The summed E-state index contributed by atoms with van der Waals surface area (Å²) in [6.07, 6.45) is 0. The minimum atomic E-state index is 0. The van der Waals surface area contributed by atoms with Crippen LogP contribution in [0.15, 0.2) is 0 Å². The van der Waals surface area contributed by atoms with Crippen molar-refractivity contribution in [3.8, 4) is 0 Å². The van der Waals surface area contributed by atoms with Crippen LogP contribution < -0.4 is 0 Å². The van der Waals surface area contributed by atoms with Gasteiger partial charge in [-0.3, -0.25) is 0 Å². The van der Waals surface area contributed by atoms with Crippen molar-refractivity contribution in [1.29, 1.82) is 0 Å². The van der Waals surface area contributed by atoms with E-state index in [1.807, 2.05) is 0 Å². The molecule has 0 aromatic rings. The van der Waals surface area contributed by atoms with Crippen molar-refractivity contribution in [2.45, 2.75) is 0 Å². The van der Waals surface area contributed by atoms with Crippen molar-refractivity contribution in [2.75, 3.05) is 0 Å². The molecule has 0 aromatic heterocycles. The zero-order valence-corrected chi connectivity index (χ0v) is 13.2. The van der Waals surface area contributed by atoms with Crippen LogP contribution in [0.2, 0.25) is 0 Å². The van der Waals surface area contributed by atoms with Crippen molar-refractivity contribution < 1.29 is 236 Å². The molecule has 69 valence electrons. The van der Waals surface area contributed by atoms with Gasteiger partial charge in [-0.15, -0.1) is 0 Å². The number of rotatable bonds is 0. The van der Waals surface area contributed by atoms with Crippen molar-refractivity contribution in [3.63, 3.8) is 0 Å². The Morgan fingerprint density at radius 1 is 1.00 bits per heavy atom. The standard InChI is InChI=1S/Dy.Er.Ho.Tb.Tm.Yb. The third kappa shape index (κ3) is 22.6. The molecule has 0 aromatic carbocycles. The maximum absolute atomic E-state index is 0. The minimum absolute atomic E-state index is 0. The third-order valence-electron chi connectivity index (χ3n) is 0. The first-order valence-corrected chi connectivity index (χ1v) is 0. The summed E-state index contributed by atoms with van der Waals surface area (Å²) in [5, 5.41) is 0. The van der Waals surface area contributed by atoms with Crippen LogP contribution >= 0.6 is 0 Å². The van der Waals surface area contributed by atoms with E-state index in [0.717, 1.165) is 0 Å². The van der Waals surface area contributed by atoms with Gasteiger partial charge < -0.3 is 0 Å². The van der Waals surface area contributed by atoms with E-state index >= 15 is 0 Å². The van der Waals surface area contributed by atoms with Crippen LogP contribution in [-0.2, 0) is 0 Å². The van der Waals surface area contributed by atoms with Gasteiger partial charge >= 0.3 is 0 Å². The molecule has 0 aliphatic heterocycles. The summed E-state index contributed by atoms with van der Waals surface area (Å²) in [6, 6.07) is 0. The predicted molar refractivity (Wildman–Crippen MR) is 0 cm³/mol. The van der Waals surface area contributed by atoms with Crippen LogP contribution in [-0.4, -0.2) is 0 Å². The molecule has 0 aliphatic rings. The third-order valence-corrected chi connectivity index (χ3v) is 0. The Balaban J connectivity index is 0. The second-order valence-corrected chi connectivity index (χ2v) is 0. The van der Waals surface area contributed by atoms with Crippen LogP contribution in [0.25, 0.3) is 0 Å². The number of hydrogen-bond acceptors (Lipinski definition) is 0. The largest absolute Gasteiger partial charge is 0 e. The fourth-order valence-electron chi connectivity index (χ4n) is 0. The Labute approximate surface area is 227 Å². The van der Waals surface area contributed by atoms with Gasteiger partial charge in [0.05, 0.1) is 0 Å². The molecule has 0 aliphatic carbocycles. The monoisotopic (exact) mass is 997 g/mol. The molecule has 0 bridgehead atoms. The van der Waals surface area contributed by atoms with Crippen LogP contribution in [0.1, 0.15) is 0 Å². The van der Waals surface area contributed by atoms with Crippen LogP contribution in [0.4, 0.5) is 0 Å². The zero-order valence-electron chi connectivity index (χ0n) is 1.78. The van der Waals surface area contributed by atoms with Crippen LogP contribution in [0.5, 0.6) is 0 Å². The van der Waals surface area contributed by atoms with E-state index in [4.69, 9.17) is 0 Å². The molecule has 6 heavy (non-hydrogen) atoms. The van der Waals surface area contributed by atoms with E-state index in [1.54, 1.807) is 0 Å². The summed E-state index contributed by atoms with van der Waals surface area (Å²) in [7, 11) is 0. The van der Waals surface area contributed by atoms with Gasteiger partial charge in [0.2, 0.25) is 0 Å². The predicted octanol–water partition coefficient (Wildman–Crippen LogP) is 0. The average Bonchev–Trinajstić information content (AvgIpc) is 0. The van der Waals surface area contributed by atoms with Crippen molar-refractivity contribution in [2.24, 2.45) is 0 Å². The first kappa shape index (κ1) is 37.1. The second kappa shape index (κ2) is 29.3. The van der Waals surface area contributed by atoms with Gasteiger partial charge in [-0.2, -0.15) is 0 Å². The molecular formula is DyErHoTbTmYb. The molecule has 0 fully saturated rings. The second-order valence-electron chi connectivity index (χ2n) is 0. The Morgan fingerprint density at radius 3 is 1.00 bits per heavy atom. The summed E-state index contributed by atoms with van der Waals surface area (Å²) >= 11 is 0. The van der Waals surface area contributed by atoms with E-state index in [-0.39, 0.29) is 236 Å². The summed E-state index contributed by atoms with van der Waals surface area (Å²) in [4.78, 5) is 0. The van der Waals surface area contributed by atoms with Crippen LogP contribution in [0.3, 0.4) is 0 Å². The molecule has 0 rings (SSSR count). The fourth-order valence-corrected chi connectivity index (χ4v) is 0. The number of hydrogen-bond donors (Lipinski definition) is 0. The normalized spacial score (nSPS) is 0. The molecule has 0 amide bonds. The van der Waals surface area contributed by atoms with Gasteiger partial charge in [-0.1, -0.05) is 0 Å². The molecule has 0 atom stereocenters. The van der Waals surface area contributed by atoms with Gasteiger partial charge in [-0.05, 0) is 0 Å². The van der Waals surface area contributed by atoms with E-state index in [0.29, 0.717) is 0 Å². The van der Waals surface area contributed by atoms with Gasteiger partial charge in [0, 0.05) is 236 Å². The molecule has 0 nitrogen and oxygen atoms in total. The van der Waals surface area contributed by atoms with E-state index in [1.165, 1.54) is 0 Å². The summed E-state index contributed by atoms with van der Waals surface area (Å²) < 4.78 is 0. The van der Waals surface area contributed by atoms with Gasteiger partial charge in [-0.25, -0.2) is 0 Å². The first-order chi connectivity index (χ1) is 0. The van der Waals surface area contributed by atoms with E-state index in [9.17, 15) is 0 Å². The first-order valence-electron chi connectivity index (χ1n) is 0. The minimum Gasteiger partial charge on any atom is 0 e. The molecular weight excluding hydrogens is 996 g/mol. The van der Waals surface area contributed by atoms with Gasteiger partial charge in [0.25, 0.3) is 0 Å². The van der Waals surface area contributed by atoms with Crippen molar-refractivity contribution in [1.82, 2.24) is 0 Å². The Morgan fingerprint density at radius 2 is 1.00 bits per heavy atom. The fraction of sp³-hybridized carbons (Fsp3) is 0. The SMILES string of the molecule is [Dy].[Er].[Ho].[Tb].[Tm].[Yb]. The topological polar surface area (TPSA) is 0 Å². The van der Waals surface area contributed by atoms with Gasteiger partial charge in [0.1, 0.15) is 0 Å². The molecule has 6 heteroatoms. The summed E-state index contributed by atoms with van der Waals surface area (Å²) in [5.74, 6) is 0. The molecule has 0 heterocycles. The maximum atomic E-state index is 0. The summed E-state index contributed by atoms with van der Waals surface area (Å²) in [5.41, 5.74) is 0. The quantitative estimate of drug-likeness (QED) is 0.301. The molecule has 0 spiro atoms. The van der Waals surface area contributed by atoms with Crippen molar-refractivity contribution >= 4 is 0 Å². The Hall–Kier alpha value is 7.82. The van der Waals surface area contributed by atoms with Gasteiger partial charge in [0.15, 0.2) is 0 Å². The molecule has 3 radical (unpaired) electrons.